The van der Waals surface area contributed by atoms with Gasteiger partial charge < -0.3 is 10.3 Å². The molecule has 0 bridgehead atoms. The summed E-state index contributed by atoms with van der Waals surface area (Å²) in [4.78, 5) is 27.0. The number of H-pyrrole nitrogens is 1. The quantitative estimate of drug-likeness (QED) is 0.679. The molecular formula is C19H14ClF3N2O2. The lowest BCUT2D eigenvalue weighted by atomic mass is 10.0. The summed E-state index contributed by atoms with van der Waals surface area (Å²) in [5, 5.41) is 3.43. The predicted octanol–water partition coefficient (Wildman–Crippen LogP) is 4.61. The van der Waals surface area contributed by atoms with Crippen LogP contribution in [-0.2, 0) is 0 Å². The van der Waals surface area contributed by atoms with Crippen LogP contribution in [0.5, 0.6) is 0 Å². The highest BCUT2D eigenvalue weighted by atomic mass is 35.5. The largest absolute Gasteiger partial charge is 0.391 e. The van der Waals surface area contributed by atoms with Gasteiger partial charge in [0.05, 0.1) is 18.0 Å². The van der Waals surface area contributed by atoms with E-state index < -0.39 is 24.5 Å². The molecular weight excluding hydrogens is 381 g/mol. The lowest BCUT2D eigenvalue weighted by Gasteiger charge is -2.21. The van der Waals surface area contributed by atoms with Crippen molar-refractivity contribution in [2.45, 2.75) is 18.6 Å². The summed E-state index contributed by atoms with van der Waals surface area (Å²) in [5.41, 5.74) is -0.0168. The molecule has 1 amide bonds. The molecule has 27 heavy (non-hydrogen) atoms. The maximum Gasteiger partial charge on any atom is 0.391 e. The number of aromatic nitrogens is 1. The highest BCUT2D eigenvalue weighted by molar-refractivity contribution is 6.30. The third-order valence-electron chi connectivity index (χ3n) is 4.07. The van der Waals surface area contributed by atoms with Crippen molar-refractivity contribution in [2.24, 2.45) is 0 Å². The molecule has 0 saturated heterocycles. The topological polar surface area (TPSA) is 62.0 Å². The van der Waals surface area contributed by atoms with E-state index in [1.165, 1.54) is 36.5 Å². The molecule has 1 heterocycles. The number of carbonyl (C=O) groups excluding carboxylic acids is 1. The fourth-order valence-electron chi connectivity index (χ4n) is 2.81. The van der Waals surface area contributed by atoms with E-state index in [4.69, 9.17) is 11.6 Å². The maximum absolute atomic E-state index is 13.0. The highest BCUT2D eigenvalue weighted by Crippen LogP contribution is 2.30. The molecule has 0 fully saturated rings. The van der Waals surface area contributed by atoms with Crippen LogP contribution in [0.15, 0.2) is 59.5 Å². The molecule has 2 N–H and O–H groups in total. The summed E-state index contributed by atoms with van der Waals surface area (Å²) in [6.45, 7) is 0. The minimum Gasteiger partial charge on any atom is -0.345 e. The van der Waals surface area contributed by atoms with Crippen molar-refractivity contribution in [3.8, 4) is 0 Å². The van der Waals surface area contributed by atoms with Gasteiger partial charge in [-0.15, -0.1) is 0 Å². The summed E-state index contributed by atoms with van der Waals surface area (Å²) in [7, 11) is 0. The molecule has 4 nitrogen and oxygen atoms in total. The molecule has 1 atom stereocenters. The van der Waals surface area contributed by atoms with E-state index in [1.54, 1.807) is 18.2 Å². The lowest BCUT2D eigenvalue weighted by Crippen LogP contribution is -2.32. The molecule has 0 spiro atoms. The van der Waals surface area contributed by atoms with Gasteiger partial charge >= 0.3 is 6.18 Å². The summed E-state index contributed by atoms with van der Waals surface area (Å²) < 4.78 is 39.0. The minimum absolute atomic E-state index is 0.0892. The minimum atomic E-state index is -4.48. The second-order valence-corrected chi connectivity index (χ2v) is 6.41. The van der Waals surface area contributed by atoms with Gasteiger partial charge in [0, 0.05) is 22.0 Å². The van der Waals surface area contributed by atoms with Crippen molar-refractivity contribution in [3.05, 3.63) is 81.2 Å². The summed E-state index contributed by atoms with van der Waals surface area (Å²) in [6.07, 6.45) is -4.52. The average molecular weight is 395 g/mol. The second kappa shape index (κ2) is 7.44. The smallest absolute Gasteiger partial charge is 0.345 e. The number of amides is 1. The Kier molecular flexibility index (Phi) is 5.23. The Morgan fingerprint density at radius 3 is 2.33 bits per heavy atom. The van der Waals surface area contributed by atoms with Gasteiger partial charge in [-0.25, -0.2) is 0 Å². The molecule has 8 heteroatoms. The van der Waals surface area contributed by atoms with Crippen LogP contribution in [0.2, 0.25) is 5.02 Å². The first-order chi connectivity index (χ1) is 12.7. The Balaban J connectivity index is 1.96. The molecule has 3 rings (SSSR count). The molecule has 1 aromatic heterocycles. The average Bonchev–Trinajstić information content (AvgIpc) is 2.61. The fourth-order valence-corrected chi connectivity index (χ4v) is 2.94. The number of aromatic amines is 1. The van der Waals surface area contributed by atoms with Gasteiger partial charge in [0.25, 0.3) is 11.5 Å². The third-order valence-corrected chi connectivity index (χ3v) is 4.32. The molecule has 0 aliphatic heterocycles. The van der Waals surface area contributed by atoms with Crippen molar-refractivity contribution >= 4 is 28.3 Å². The summed E-state index contributed by atoms with van der Waals surface area (Å²) >= 11 is 5.79. The molecule has 0 radical (unpaired) electrons. The van der Waals surface area contributed by atoms with Crippen LogP contribution in [-0.4, -0.2) is 17.1 Å². The molecule has 0 aliphatic carbocycles. The first kappa shape index (κ1) is 19.0. The second-order valence-electron chi connectivity index (χ2n) is 5.97. The normalized spacial score (nSPS) is 12.7. The number of hydrogen-bond donors (Lipinski definition) is 2. The van der Waals surface area contributed by atoms with Crippen LogP contribution in [0.25, 0.3) is 10.8 Å². The fraction of sp³-hybridized carbons (Fsp3) is 0.158. The predicted molar refractivity (Wildman–Crippen MR) is 96.9 cm³/mol. The van der Waals surface area contributed by atoms with Crippen molar-refractivity contribution < 1.29 is 18.0 Å². The van der Waals surface area contributed by atoms with Crippen LogP contribution in [0.4, 0.5) is 13.2 Å². The number of alkyl halides is 3. The SMILES string of the molecule is O=C(NC(CC(F)(F)F)c1ccc(Cl)cc1)c1c[nH]c(=O)c2ccccc12. The van der Waals surface area contributed by atoms with E-state index in [2.05, 4.69) is 10.3 Å². The highest BCUT2D eigenvalue weighted by Gasteiger charge is 2.33. The Morgan fingerprint density at radius 2 is 1.70 bits per heavy atom. The third kappa shape index (κ3) is 4.49. The van der Waals surface area contributed by atoms with Crippen LogP contribution in [0.1, 0.15) is 28.4 Å². The van der Waals surface area contributed by atoms with Crippen LogP contribution >= 0.6 is 11.6 Å². The summed E-state index contributed by atoms with van der Waals surface area (Å²) in [6, 6.07) is 10.9. The maximum atomic E-state index is 13.0. The molecule has 0 saturated carbocycles. The molecule has 2 aromatic carbocycles. The van der Waals surface area contributed by atoms with E-state index in [1.807, 2.05) is 0 Å². The number of fused-ring (bicyclic) bond motifs is 1. The molecule has 140 valence electrons. The van der Waals surface area contributed by atoms with E-state index in [9.17, 15) is 22.8 Å². The Bertz CT molecular complexity index is 1030. The van der Waals surface area contributed by atoms with Crippen LogP contribution < -0.4 is 10.9 Å². The van der Waals surface area contributed by atoms with Crippen LogP contribution in [0, 0.1) is 0 Å². The van der Waals surface area contributed by atoms with E-state index >= 15 is 0 Å². The van der Waals surface area contributed by atoms with Crippen molar-refractivity contribution in [1.29, 1.82) is 0 Å². The molecule has 1 unspecified atom stereocenters. The lowest BCUT2D eigenvalue weighted by molar-refractivity contribution is -0.139. The Hall–Kier alpha value is -2.80. The van der Waals surface area contributed by atoms with Gasteiger partial charge in [-0.3, -0.25) is 9.59 Å². The van der Waals surface area contributed by atoms with Gasteiger partial charge in [0.15, 0.2) is 0 Å². The first-order valence-corrected chi connectivity index (χ1v) is 8.36. The Morgan fingerprint density at radius 1 is 1.07 bits per heavy atom. The van der Waals surface area contributed by atoms with E-state index in [0.717, 1.165) is 0 Å². The Labute approximate surface area is 157 Å². The monoisotopic (exact) mass is 394 g/mol. The van der Waals surface area contributed by atoms with Gasteiger partial charge in [-0.2, -0.15) is 13.2 Å². The number of carbonyl (C=O) groups is 1. The zero-order valence-electron chi connectivity index (χ0n) is 13.8. The van der Waals surface area contributed by atoms with Gasteiger partial charge in [-0.05, 0) is 23.8 Å². The number of nitrogens with one attached hydrogen (secondary N) is 2. The number of rotatable bonds is 4. The zero-order chi connectivity index (χ0) is 19.6. The standard InChI is InChI=1S/C19H14ClF3N2O2/c20-12-7-5-11(6-8-12)16(9-19(21,22)23)25-18(27)15-10-24-17(26)14-4-2-1-3-13(14)15/h1-8,10,16H,9H2,(H,24,26)(H,25,27). The van der Waals surface area contributed by atoms with Gasteiger partial charge in [0.1, 0.15) is 0 Å². The van der Waals surface area contributed by atoms with Crippen molar-refractivity contribution in [3.63, 3.8) is 0 Å². The number of hydrogen-bond acceptors (Lipinski definition) is 2. The summed E-state index contributed by atoms with van der Waals surface area (Å²) in [5.74, 6) is -0.716. The van der Waals surface area contributed by atoms with E-state index in [0.29, 0.717) is 10.4 Å². The number of benzene rings is 2. The molecule has 3 aromatic rings. The van der Waals surface area contributed by atoms with Crippen molar-refractivity contribution in [1.82, 2.24) is 10.3 Å². The number of pyridine rings is 1. The van der Waals surface area contributed by atoms with E-state index in [-0.39, 0.29) is 22.1 Å². The van der Waals surface area contributed by atoms with Crippen LogP contribution in [0.3, 0.4) is 0 Å². The first-order valence-electron chi connectivity index (χ1n) is 7.98. The van der Waals surface area contributed by atoms with Crippen molar-refractivity contribution in [2.75, 3.05) is 0 Å². The van der Waals surface area contributed by atoms with Gasteiger partial charge in [0.2, 0.25) is 0 Å². The number of halogens is 4. The van der Waals surface area contributed by atoms with Gasteiger partial charge in [-0.1, -0.05) is 41.9 Å². The zero-order valence-corrected chi connectivity index (χ0v) is 14.6. The molecule has 0 aliphatic rings.